The van der Waals surface area contributed by atoms with Gasteiger partial charge in [0.15, 0.2) is 0 Å². The van der Waals surface area contributed by atoms with Crippen molar-refractivity contribution in [2.45, 2.75) is 25.9 Å². The van der Waals surface area contributed by atoms with Crippen LogP contribution in [-0.2, 0) is 0 Å². The molecule has 1 saturated heterocycles. The zero-order valence-corrected chi connectivity index (χ0v) is 9.07. The average Bonchev–Trinajstić information content (AvgIpc) is 2.10. The Morgan fingerprint density at radius 3 is 2.80 bits per heavy atom. The minimum atomic E-state index is -0.431. The Kier molecular flexibility index (Phi) is 2.86. The van der Waals surface area contributed by atoms with Gasteiger partial charge in [-0.15, -0.1) is 0 Å². The third-order valence-electron chi connectivity index (χ3n) is 2.71. The predicted octanol–water partition coefficient (Wildman–Crippen LogP) is 1.73. The van der Waals surface area contributed by atoms with Crippen LogP contribution in [0.4, 0.5) is 10.2 Å². The average molecular weight is 209 g/mol. The second-order valence-electron chi connectivity index (χ2n) is 4.23. The summed E-state index contributed by atoms with van der Waals surface area (Å²) in [7, 11) is 0. The fourth-order valence-corrected chi connectivity index (χ4v) is 1.72. The molecule has 82 valence electrons. The maximum Gasteiger partial charge on any atom is 0.214 e. The van der Waals surface area contributed by atoms with Crippen LogP contribution in [0.25, 0.3) is 0 Å². The van der Waals surface area contributed by atoms with E-state index in [1.54, 1.807) is 12.1 Å². The van der Waals surface area contributed by atoms with Crippen LogP contribution in [0.2, 0.25) is 0 Å². The molecular formula is C11H16FN3. The van der Waals surface area contributed by atoms with Gasteiger partial charge in [-0.2, -0.15) is 4.39 Å². The monoisotopic (exact) mass is 209 g/mol. The van der Waals surface area contributed by atoms with E-state index in [0.717, 1.165) is 13.1 Å². The number of pyridine rings is 1. The molecule has 1 aromatic rings. The number of nitrogens with zero attached hydrogens (tertiary/aromatic N) is 2. The second-order valence-corrected chi connectivity index (χ2v) is 4.23. The molecule has 2 rings (SSSR count). The van der Waals surface area contributed by atoms with Crippen molar-refractivity contribution in [2.75, 3.05) is 18.4 Å². The first-order valence-corrected chi connectivity index (χ1v) is 5.28. The van der Waals surface area contributed by atoms with E-state index < -0.39 is 5.95 Å². The highest BCUT2D eigenvalue weighted by Gasteiger charge is 2.28. The van der Waals surface area contributed by atoms with Crippen LogP contribution in [-0.4, -0.2) is 35.1 Å². The molecule has 0 amide bonds. The maximum atomic E-state index is 12.8. The summed E-state index contributed by atoms with van der Waals surface area (Å²) >= 11 is 0. The minimum absolute atomic E-state index is 0.404. The minimum Gasteiger partial charge on any atom is -0.365 e. The van der Waals surface area contributed by atoms with Crippen molar-refractivity contribution in [2.24, 2.45) is 0 Å². The van der Waals surface area contributed by atoms with Crippen molar-refractivity contribution in [3.05, 3.63) is 24.1 Å². The van der Waals surface area contributed by atoms with Crippen LogP contribution in [0, 0.1) is 5.95 Å². The molecule has 0 aromatic carbocycles. The lowest BCUT2D eigenvalue weighted by Gasteiger charge is -2.42. The zero-order chi connectivity index (χ0) is 10.8. The van der Waals surface area contributed by atoms with Gasteiger partial charge >= 0.3 is 0 Å². The molecule has 15 heavy (non-hydrogen) atoms. The summed E-state index contributed by atoms with van der Waals surface area (Å²) in [5.41, 5.74) is 0. The van der Waals surface area contributed by atoms with E-state index in [1.165, 1.54) is 6.07 Å². The van der Waals surface area contributed by atoms with Gasteiger partial charge in [0.2, 0.25) is 5.95 Å². The molecule has 1 fully saturated rings. The van der Waals surface area contributed by atoms with Crippen LogP contribution < -0.4 is 5.32 Å². The smallest absolute Gasteiger partial charge is 0.214 e. The van der Waals surface area contributed by atoms with Crippen molar-refractivity contribution in [1.82, 2.24) is 9.88 Å². The topological polar surface area (TPSA) is 28.2 Å². The third-order valence-corrected chi connectivity index (χ3v) is 2.71. The molecule has 0 radical (unpaired) electrons. The highest BCUT2D eigenvalue weighted by Crippen LogP contribution is 2.16. The Labute approximate surface area is 89.3 Å². The van der Waals surface area contributed by atoms with E-state index in [-0.39, 0.29) is 0 Å². The van der Waals surface area contributed by atoms with Gasteiger partial charge in [-0.25, -0.2) is 4.98 Å². The molecule has 0 saturated carbocycles. The molecule has 2 heterocycles. The number of halogens is 1. The molecule has 0 spiro atoms. The lowest BCUT2D eigenvalue weighted by Crippen LogP contribution is -2.57. The van der Waals surface area contributed by atoms with Crippen molar-refractivity contribution < 1.29 is 4.39 Å². The van der Waals surface area contributed by atoms with Crippen molar-refractivity contribution in [1.29, 1.82) is 0 Å². The maximum absolute atomic E-state index is 12.8. The molecule has 1 aliphatic heterocycles. The largest absolute Gasteiger partial charge is 0.365 e. The van der Waals surface area contributed by atoms with Crippen LogP contribution in [0.1, 0.15) is 13.8 Å². The fourth-order valence-electron chi connectivity index (χ4n) is 1.72. The zero-order valence-electron chi connectivity index (χ0n) is 9.07. The van der Waals surface area contributed by atoms with Crippen molar-refractivity contribution in [3.63, 3.8) is 0 Å². The van der Waals surface area contributed by atoms with Gasteiger partial charge < -0.3 is 5.32 Å². The first kappa shape index (κ1) is 10.4. The molecule has 4 heteroatoms. The number of hydrogen-bond acceptors (Lipinski definition) is 3. The van der Waals surface area contributed by atoms with E-state index in [0.29, 0.717) is 17.9 Å². The highest BCUT2D eigenvalue weighted by molar-refractivity contribution is 5.35. The van der Waals surface area contributed by atoms with Crippen LogP contribution in [0.5, 0.6) is 0 Å². The van der Waals surface area contributed by atoms with E-state index >= 15 is 0 Å². The summed E-state index contributed by atoms with van der Waals surface area (Å²) < 4.78 is 12.8. The van der Waals surface area contributed by atoms with Gasteiger partial charge in [0.25, 0.3) is 0 Å². The van der Waals surface area contributed by atoms with E-state index in [4.69, 9.17) is 0 Å². The van der Waals surface area contributed by atoms with E-state index in [1.807, 2.05) is 0 Å². The molecule has 0 aliphatic carbocycles. The summed E-state index contributed by atoms with van der Waals surface area (Å²) in [5.74, 6) is 0.198. The second kappa shape index (κ2) is 4.14. The summed E-state index contributed by atoms with van der Waals surface area (Å²) in [6, 6.07) is 5.81. The third kappa shape index (κ3) is 2.45. The Morgan fingerprint density at radius 2 is 2.20 bits per heavy atom. The molecule has 1 aliphatic rings. The van der Waals surface area contributed by atoms with Crippen LogP contribution in [0.15, 0.2) is 18.2 Å². The number of hydrogen-bond donors (Lipinski definition) is 1. The van der Waals surface area contributed by atoms with Gasteiger partial charge in [-0.3, -0.25) is 4.90 Å². The quantitative estimate of drug-likeness (QED) is 0.768. The summed E-state index contributed by atoms with van der Waals surface area (Å²) in [6.07, 6.45) is 0. The molecule has 1 N–H and O–H groups in total. The lowest BCUT2D eigenvalue weighted by atomic mass is 10.1. The SMILES string of the molecule is CC(C)N1CC(Nc2cccc(F)n2)C1. The van der Waals surface area contributed by atoms with Crippen LogP contribution in [0.3, 0.4) is 0 Å². The number of likely N-dealkylation sites (tertiary alicyclic amines) is 1. The van der Waals surface area contributed by atoms with E-state index in [2.05, 4.69) is 29.0 Å². The Balaban J connectivity index is 1.85. The van der Waals surface area contributed by atoms with Crippen LogP contribution >= 0.6 is 0 Å². The fraction of sp³-hybridized carbons (Fsp3) is 0.545. The van der Waals surface area contributed by atoms with Crippen molar-refractivity contribution >= 4 is 5.82 Å². The summed E-state index contributed by atoms with van der Waals surface area (Å²) in [4.78, 5) is 6.13. The van der Waals surface area contributed by atoms with E-state index in [9.17, 15) is 4.39 Å². The van der Waals surface area contributed by atoms with Gasteiger partial charge in [0.1, 0.15) is 5.82 Å². The normalized spacial score (nSPS) is 17.9. The number of anilines is 1. The Morgan fingerprint density at radius 1 is 1.47 bits per heavy atom. The highest BCUT2D eigenvalue weighted by atomic mass is 19.1. The number of aromatic nitrogens is 1. The van der Waals surface area contributed by atoms with Gasteiger partial charge in [0.05, 0.1) is 6.04 Å². The first-order valence-electron chi connectivity index (χ1n) is 5.28. The molecule has 0 atom stereocenters. The molecule has 3 nitrogen and oxygen atoms in total. The molecule has 0 unspecified atom stereocenters. The summed E-state index contributed by atoms with van der Waals surface area (Å²) in [6.45, 7) is 6.37. The standard InChI is InChI=1S/C11H16FN3/c1-8(2)15-6-9(7-15)13-11-5-3-4-10(12)14-11/h3-5,8-9H,6-7H2,1-2H3,(H,13,14). The van der Waals surface area contributed by atoms with Gasteiger partial charge in [-0.05, 0) is 26.0 Å². The molecular weight excluding hydrogens is 193 g/mol. The first-order chi connectivity index (χ1) is 7.15. The molecule has 1 aromatic heterocycles. The lowest BCUT2D eigenvalue weighted by molar-refractivity contribution is 0.122. The molecule has 0 bridgehead atoms. The van der Waals surface area contributed by atoms with Gasteiger partial charge in [0, 0.05) is 19.1 Å². The summed E-state index contributed by atoms with van der Waals surface area (Å²) in [5, 5.41) is 3.21. The van der Waals surface area contributed by atoms with Gasteiger partial charge in [-0.1, -0.05) is 6.07 Å². The number of nitrogens with one attached hydrogen (secondary N) is 1. The Bertz CT molecular complexity index is 334. The number of rotatable bonds is 3. The Hall–Kier alpha value is -1.16. The predicted molar refractivity (Wildman–Crippen MR) is 58.3 cm³/mol. The van der Waals surface area contributed by atoms with Crippen molar-refractivity contribution in [3.8, 4) is 0 Å².